The molecule has 2 aromatic heterocycles. The average molecular weight is 317 g/mol. The van der Waals surface area contributed by atoms with E-state index < -0.39 is 10.0 Å². The zero-order chi connectivity index (χ0) is 14.8. The number of carbonyl (C=O) groups excluding carboxylic acids is 1. The van der Waals surface area contributed by atoms with Crippen molar-refractivity contribution in [3.63, 3.8) is 0 Å². The van der Waals surface area contributed by atoms with Crippen molar-refractivity contribution < 1.29 is 13.2 Å². The van der Waals surface area contributed by atoms with Crippen LogP contribution in [-0.4, -0.2) is 36.8 Å². The zero-order valence-electron chi connectivity index (χ0n) is 10.6. The third-order valence-corrected chi connectivity index (χ3v) is 4.35. The summed E-state index contributed by atoms with van der Waals surface area (Å²) in [4.78, 5) is 14.7. The first kappa shape index (κ1) is 14.8. The van der Waals surface area contributed by atoms with Crippen LogP contribution in [0.25, 0.3) is 5.65 Å². The predicted molar refractivity (Wildman–Crippen MR) is 74.1 cm³/mol. The molecule has 0 radical (unpaired) electrons. The highest BCUT2D eigenvalue weighted by Crippen LogP contribution is 2.21. The van der Waals surface area contributed by atoms with Gasteiger partial charge in [0.1, 0.15) is 5.65 Å². The number of amides is 1. The summed E-state index contributed by atoms with van der Waals surface area (Å²) < 4.78 is 28.2. The van der Waals surface area contributed by atoms with Crippen molar-refractivity contribution in [2.24, 2.45) is 0 Å². The smallest absolute Gasteiger partial charge is 0.259 e. The first-order valence-corrected chi connectivity index (χ1v) is 7.64. The van der Waals surface area contributed by atoms with Gasteiger partial charge < -0.3 is 5.32 Å². The number of fused-ring (bicyclic) bond motifs is 1. The summed E-state index contributed by atoms with van der Waals surface area (Å²) in [5.41, 5.74) is 0.444. The molecule has 7 nitrogen and oxygen atoms in total. The number of imidazole rings is 1. The van der Waals surface area contributed by atoms with Crippen LogP contribution in [0.4, 0.5) is 0 Å². The monoisotopic (exact) mass is 316 g/mol. The molecule has 0 saturated heterocycles. The third-order valence-electron chi connectivity index (χ3n) is 2.49. The summed E-state index contributed by atoms with van der Waals surface area (Å²) in [6, 6.07) is 5.07. The van der Waals surface area contributed by atoms with Crippen LogP contribution in [0.1, 0.15) is 6.92 Å². The van der Waals surface area contributed by atoms with E-state index in [0.717, 1.165) is 0 Å². The molecule has 0 aliphatic carbocycles. The number of sulfonamides is 1. The van der Waals surface area contributed by atoms with E-state index in [1.165, 1.54) is 11.3 Å². The number of pyridine rings is 1. The van der Waals surface area contributed by atoms with Gasteiger partial charge in [-0.25, -0.2) is 18.1 Å². The number of halogens is 1. The lowest BCUT2D eigenvalue weighted by Crippen LogP contribution is -2.34. The topological polar surface area (TPSA) is 92.6 Å². The van der Waals surface area contributed by atoms with Gasteiger partial charge in [0.25, 0.3) is 10.0 Å². The molecule has 0 bridgehead atoms. The van der Waals surface area contributed by atoms with Crippen LogP contribution in [0, 0.1) is 0 Å². The molecular weight excluding hydrogens is 304 g/mol. The largest absolute Gasteiger partial charge is 0.355 e. The molecule has 0 fully saturated rings. The first-order valence-electron chi connectivity index (χ1n) is 5.78. The molecule has 20 heavy (non-hydrogen) atoms. The molecule has 1 amide bonds. The van der Waals surface area contributed by atoms with Gasteiger partial charge in [-0.2, -0.15) is 0 Å². The van der Waals surface area contributed by atoms with E-state index >= 15 is 0 Å². The zero-order valence-corrected chi connectivity index (χ0v) is 12.2. The second-order valence-corrected chi connectivity index (χ2v) is 6.06. The fourth-order valence-electron chi connectivity index (χ4n) is 1.68. The van der Waals surface area contributed by atoms with E-state index in [1.54, 1.807) is 24.4 Å². The minimum atomic E-state index is -3.80. The lowest BCUT2D eigenvalue weighted by atomic mass is 10.5. The molecule has 0 atom stereocenters. The van der Waals surface area contributed by atoms with Crippen LogP contribution >= 0.6 is 11.6 Å². The Morgan fingerprint density at radius 2 is 2.15 bits per heavy atom. The number of carbonyl (C=O) groups is 1. The molecule has 2 N–H and O–H groups in total. The van der Waals surface area contributed by atoms with Crippen LogP contribution < -0.4 is 10.0 Å². The third kappa shape index (κ3) is 3.09. The number of hydrogen-bond acceptors (Lipinski definition) is 4. The summed E-state index contributed by atoms with van der Waals surface area (Å²) in [6.45, 7) is 1.62. The second-order valence-electron chi connectivity index (χ2n) is 4.02. The average Bonchev–Trinajstić information content (AvgIpc) is 2.71. The molecule has 2 rings (SSSR count). The summed E-state index contributed by atoms with van der Waals surface area (Å²) in [7, 11) is -3.80. The molecule has 0 spiro atoms. The highest BCUT2D eigenvalue weighted by molar-refractivity contribution is 7.89. The van der Waals surface area contributed by atoms with E-state index in [-0.39, 0.29) is 29.2 Å². The lowest BCUT2D eigenvalue weighted by molar-refractivity contribution is -0.118. The molecule has 2 heterocycles. The fourth-order valence-corrected chi connectivity index (χ4v) is 3.35. The summed E-state index contributed by atoms with van der Waals surface area (Å²) in [5.74, 6) is -0.225. The molecule has 0 saturated carbocycles. The standard InChI is InChI=1S/C11H13ClN4O3S/c1-8(17)13-5-6-14-20(18,19)11-10(12)15-9-4-2-3-7-16(9)11/h2-4,7,14H,5-6H2,1H3,(H,13,17). The van der Waals surface area contributed by atoms with Crippen LogP contribution in [0.15, 0.2) is 29.4 Å². The van der Waals surface area contributed by atoms with Gasteiger partial charge in [0, 0.05) is 26.2 Å². The van der Waals surface area contributed by atoms with Crippen molar-refractivity contribution in [2.75, 3.05) is 13.1 Å². The van der Waals surface area contributed by atoms with Crippen LogP contribution in [0.2, 0.25) is 5.15 Å². The van der Waals surface area contributed by atoms with Gasteiger partial charge in [-0.15, -0.1) is 0 Å². The van der Waals surface area contributed by atoms with E-state index in [2.05, 4.69) is 15.0 Å². The normalized spacial score (nSPS) is 11.7. The Labute approximate surface area is 121 Å². The molecule has 108 valence electrons. The Kier molecular flexibility index (Phi) is 4.26. The number of aromatic nitrogens is 2. The lowest BCUT2D eigenvalue weighted by Gasteiger charge is -2.07. The van der Waals surface area contributed by atoms with Crippen LogP contribution in [-0.2, 0) is 14.8 Å². The molecule has 0 aromatic carbocycles. The Hall–Kier alpha value is -1.64. The maximum atomic E-state index is 12.2. The molecule has 0 aliphatic rings. The quantitative estimate of drug-likeness (QED) is 0.781. The van der Waals surface area contributed by atoms with E-state index in [9.17, 15) is 13.2 Å². The summed E-state index contributed by atoms with van der Waals surface area (Å²) in [6.07, 6.45) is 1.57. The molecule has 9 heteroatoms. The molecule has 0 aliphatic heterocycles. The van der Waals surface area contributed by atoms with Crippen LogP contribution in [0.5, 0.6) is 0 Å². The Bertz CT molecular complexity index is 741. The van der Waals surface area contributed by atoms with Gasteiger partial charge in [-0.3, -0.25) is 9.20 Å². The second kappa shape index (κ2) is 5.78. The van der Waals surface area contributed by atoms with Crippen molar-refractivity contribution in [2.45, 2.75) is 11.9 Å². The minimum absolute atomic E-state index is 0.0678. The SMILES string of the molecule is CC(=O)NCCNS(=O)(=O)c1c(Cl)nc2ccccn12. The van der Waals surface area contributed by atoms with Gasteiger partial charge in [-0.1, -0.05) is 17.7 Å². The van der Waals surface area contributed by atoms with Gasteiger partial charge in [0.05, 0.1) is 0 Å². The van der Waals surface area contributed by atoms with Crippen molar-refractivity contribution in [3.8, 4) is 0 Å². The van der Waals surface area contributed by atoms with Crippen molar-refractivity contribution in [1.29, 1.82) is 0 Å². The number of nitrogens with one attached hydrogen (secondary N) is 2. The highest BCUT2D eigenvalue weighted by atomic mass is 35.5. The Balaban J connectivity index is 2.23. The molecular formula is C11H13ClN4O3S. The van der Waals surface area contributed by atoms with Crippen molar-refractivity contribution in [1.82, 2.24) is 19.4 Å². The first-order chi connectivity index (χ1) is 9.42. The van der Waals surface area contributed by atoms with Crippen molar-refractivity contribution >= 4 is 33.2 Å². The maximum absolute atomic E-state index is 12.2. The highest BCUT2D eigenvalue weighted by Gasteiger charge is 2.23. The maximum Gasteiger partial charge on any atom is 0.259 e. The van der Waals surface area contributed by atoms with E-state index in [1.807, 2.05) is 0 Å². The number of hydrogen-bond donors (Lipinski definition) is 2. The molecule has 0 unspecified atom stereocenters. The van der Waals surface area contributed by atoms with E-state index in [0.29, 0.717) is 5.65 Å². The minimum Gasteiger partial charge on any atom is -0.355 e. The summed E-state index contributed by atoms with van der Waals surface area (Å²) in [5, 5.41) is 2.29. The Morgan fingerprint density at radius 3 is 2.85 bits per heavy atom. The van der Waals surface area contributed by atoms with Crippen LogP contribution in [0.3, 0.4) is 0 Å². The number of rotatable bonds is 5. The predicted octanol–water partition coefficient (Wildman–Crippen LogP) is 0.402. The Morgan fingerprint density at radius 1 is 1.40 bits per heavy atom. The molecule has 2 aromatic rings. The van der Waals surface area contributed by atoms with Gasteiger partial charge in [0.2, 0.25) is 5.91 Å². The van der Waals surface area contributed by atoms with E-state index in [4.69, 9.17) is 11.6 Å². The number of nitrogens with zero attached hydrogens (tertiary/aromatic N) is 2. The van der Waals surface area contributed by atoms with Crippen molar-refractivity contribution in [3.05, 3.63) is 29.5 Å². The summed E-state index contributed by atoms with van der Waals surface area (Å²) >= 11 is 5.89. The van der Waals surface area contributed by atoms with Gasteiger partial charge >= 0.3 is 0 Å². The fraction of sp³-hybridized carbons (Fsp3) is 0.273. The van der Waals surface area contributed by atoms with Gasteiger partial charge in [0.15, 0.2) is 10.2 Å². The van der Waals surface area contributed by atoms with Gasteiger partial charge in [-0.05, 0) is 12.1 Å².